The minimum Gasteiger partial charge on any atom is -0.303 e. The van der Waals surface area contributed by atoms with Gasteiger partial charge in [-0.15, -0.1) is 0 Å². The maximum absolute atomic E-state index is 13.2. The van der Waals surface area contributed by atoms with Gasteiger partial charge in [0.2, 0.25) is 5.78 Å². The second kappa shape index (κ2) is 5.16. The van der Waals surface area contributed by atoms with E-state index in [2.05, 4.69) is 15.9 Å². The van der Waals surface area contributed by atoms with Gasteiger partial charge in [-0.3, -0.25) is 14.2 Å². The number of carbonyl (C=O) groups is 1. The lowest BCUT2D eigenvalue weighted by atomic mass is 10.1. The van der Waals surface area contributed by atoms with E-state index in [0.717, 1.165) is 21.4 Å². The summed E-state index contributed by atoms with van der Waals surface area (Å²) in [4.78, 5) is 35.9. The van der Waals surface area contributed by atoms with Gasteiger partial charge in [-0.2, -0.15) is 0 Å². The van der Waals surface area contributed by atoms with Crippen molar-refractivity contribution in [3.8, 4) is 0 Å². The smallest absolute Gasteiger partial charge is 0.303 e. The van der Waals surface area contributed by atoms with Gasteiger partial charge in [0.25, 0.3) is 5.56 Å². The standard InChI is InChI=1S/C13H10BrFN2O3/c1-16-6-9(12(19)17(2)13(16)20)11(18)8-5-7(15)3-4-10(8)14/h3-6H,1-2H3. The molecule has 2 rings (SSSR count). The number of hydrogen-bond donors (Lipinski definition) is 0. The number of ketones is 1. The van der Waals surface area contributed by atoms with Gasteiger partial charge in [-0.05, 0) is 18.2 Å². The summed E-state index contributed by atoms with van der Waals surface area (Å²) >= 11 is 3.14. The van der Waals surface area contributed by atoms with Gasteiger partial charge in [-0.1, -0.05) is 15.9 Å². The van der Waals surface area contributed by atoms with Crippen molar-refractivity contribution in [2.24, 2.45) is 14.1 Å². The van der Waals surface area contributed by atoms with E-state index in [1.165, 1.54) is 26.2 Å². The molecule has 20 heavy (non-hydrogen) atoms. The van der Waals surface area contributed by atoms with Crippen LogP contribution in [0.2, 0.25) is 0 Å². The van der Waals surface area contributed by atoms with Crippen molar-refractivity contribution in [1.29, 1.82) is 0 Å². The fourth-order valence-corrected chi connectivity index (χ4v) is 2.21. The van der Waals surface area contributed by atoms with E-state index in [1.54, 1.807) is 0 Å². The Labute approximate surface area is 121 Å². The summed E-state index contributed by atoms with van der Waals surface area (Å²) in [5, 5.41) is 0. The van der Waals surface area contributed by atoms with E-state index >= 15 is 0 Å². The summed E-state index contributed by atoms with van der Waals surface area (Å²) in [5.41, 5.74) is -1.42. The fraction of sp³-hybridized carbons (Fsp3) is 0.154. The molecular formula is C13H10BrFN2O3. The van der Waals surface area contributed by atoms with Crippen molar-refractivity contribution in [2.45, 2.75) is 0 Å². The molecule has 1 heterocycles. The predicted octanol–water partition coefficient (Wildman–Crippen LogP) is 1.22. The maximum atomic E-state index is 13.2. The SMILES string of the molecule is Cn1cc(C(=O)c2cc(F)ccc2Br)c(=O)n(C)c1=O. The zero-order valence-electron chi connectivity index (χ0n) is 10.7. The van der Waals surface area contributed by atoms with Crippen LogP contribution in [-0.4, -0.2) is 14.9 Å². The molecule has 0 radical (unpaired) electrons. The molecule has 0 fully saturated rings. The molecule has 0 saturated carbocycles. The summed E-state index contributed by atoms with van der Waals surface area (Å²) < 4.78 is 15.6. The van der Waals surface area contributed by atoms with Crippen LogP contribution >= 0.6 is 15.9 Å². The molecule has 104 valence electrons. The second-order valence-corrected chi connectivity index (χ2v) is 5.11. The lowest BCUT2D eigenvalue weighted by Crippen LogP contribution is -2.39. The van der Waals surface area contributed by atoms with Gasteiger partial charge >= 0.3 is 5.69 Å². The Morgan fingerprint density at radius 2 is 1.85 bits per heavy atom. The normalized spacial score (nSPS) is 10.6. The molecule has 0 amide bonds. The molecule has 5 nitrogen and oxygen atoms in total. The molecule has 1 aromatic heterocycles. The summed E-state index contributed by atoms with van der Waals surface area (Å²) in [5.74, 6) is -1.23. The van der Waals surface area contributed by atoms with Gasteiger partial charge in [0.1, 0.15) is 11.4 Å². The first-order valence-corrected chi connectivity index (χ1v) is 6.38. The van der Waals surface area contributed by atoms with Crippen LogP contribution in [0.25, 0.3) is 0 Å². The topological polar surface area (TPSA) is 61.1 Å². The molecule has 0 bridgehead atoms. The van der Waals surface area contributed by atoms with Crippen LogP contribution in [0.15, 0.2) is 38.5 Å². The van der Waals surface area contributed by atoms with Crippen LogP contribution in [0, 0.1) is 5.82 Å². The third kappa shape index (κ3) is 2.36. The quantitative estimate of drug-likeness (QED) is 0.772. The molecule has 1 aromatic carbocycles. The third-order valence-electron chi connectivity index (χ3n) is 2.86. The first kappa shape index (κ1) is 14.4. The number of benzene rings is 1. The molecule has 0 N–H and O–H groups in total. The van der Waals surface area contributed by atoms with Gasteiger partial charge < -0.3 is 4.57 Å². The molecule has 0 unspecified atom stereocenters. The van der Waals surface area contributed by atoms with Crippen LogP contribution in [0.1, 0.15) is 15.9 Å². The second-order valence-electron chi connectivity index (χ2n) is 4.25. The van der Waals surface area contributed by atoms with Gasteiger partial charge in [0, 0.05) is 30.3 Å². The number of halogens is 2. The molecule has 0 aliphatic carbocycles. The van der Waals surface area contributed by atoms with Crippen LogP contribution in [0.4, 0.5) is 4.39 Å². The Hall–Kier alpha value is -2.02. The highest BCUT2D eigenvalue weighted by Crippen LogP contribution is 2.20. The van der Waals surface area contributed by atoms with Crippen molar-refractivity contribution in [3.63, 3.8) is 0 Å². The zero-order chi connectivity index (χ0) is 15.0. The third-order valence-corrected chi connectivity index (χ3v) is 3.56. The average molecular weight is 341 g/mol. The van der Waals surface area contributed by atoms with Crippen molar-refractivity contribution >= 4 is 21.7 Å². The maximum Gasteiger partial charge on any atom is 0.330 e. The molecule has 0 aliphatic rings. The van der Waals surface area contributed by atoms with Crippen molar-refractivity contribution in [2.75, 3.05) is 0 Å². The number of nitrogens with zero attached hydrogens (tertiary/aromatic N) is 2. The summed E-state index contributed by atoms with van der Waals surface area (Å²) in [6.07, 6.45) is 1.16. The first-order valence-electron chi connectivity index (χ1n) is 5.59. The molecule has 7 heteroatoms. The Morgan fingerprint density at radius 3 is 2.50 bits per heavy atom. The Kier molecular flexibility index (Phi) is 3.71. The van der Waals surface area contributed by atoms with Gasteiger partial charge in [0.05, 0.1) is 0 Å². The molecule has 0 saturated heterocycles. The highest BCUT2D eigenvalue weighted by atomic mass is 79.9. The van der Waals surface area contributed by atoms with Crippen molar-refractivity contribution < 1.29 is 9.18 Å². The summed E-state index contributed by atoms with van der Waals surface area (Å²) in [6.45, 7) is 0. The Morgan fingerprint density at radius 1 is 1.20 bits per heavy atom. The fourth-order valence-electron chi connectivity index (χ4n) is 1.78. The minimum atomic E-state index is -0.714. The van der Waals surface area contributed by atoms with Crippen LogP contribution < -0.4 is 11.2 Å². The number of aromatic nitrogens is 2. The first-order chi connectivity index (χ1) is 9.32. The molecular weight excluding hydrogens is 331 g/mol. The number of hydrogen-bond acceptors (Lipinski definition) is 3. The lowest BCUT2D eigenvalue weighted by molar-refractivity contribution is 0.103. The van der Waals surface area contributed by atoms with Crippen molar-refractivity contribution in [1.82, 2.24) is 9.13 Å². The van der Waals surface area contributed by atoms with Crippen LogP contribution in [0.5, 0.6) is 0 Å². The van der Waals surface area contributed by atoms with E-state index in [4.69, 9.17) is 0 Å². The minimum absolute atomic E-state index is 0.0285. The summed E-state index contributed by atoms with van der Waals surface area (Å²) in [6, 6.07) is 3.62. The van der Waals surface area contributed by atoms with Crippen LogP contribution in [0.3, 0.4) is 0 Å². The highest BCUT2D eigenvalue weighted by molar-refractivity contribution is 9.10. The van der Waals surface area contributed by atoms with Crippen LogP contribution in [-0.2, 0) is 14.1 Å². The monoisotopic (exact) mass is 340 g/mol. The van der Waals surface area contributed by atoms with E-state index < -0.39 is 22.8 Å². The number of rotatable bonds is 2. The highest BCUT2D eigenvalue weighted by Gasteiger charge is 2.19. The van der Waals surface area contributed by atoms with Crippen molar-refractivity contribution in [3.05, 3.63) is 66.7 Å². The molecule has 0 aliphatic heterocycles. The summed E-state index contributed by atoms with van der Waals surface area (Å²) in [7, 11) is 2.71. The van der Waals surface area contributed by atoms with E-state index in [0.29, 0.717) is 4.47 Å². The van der Waals surface area contributed by atoms with E-state index in [9.17, 15) is 18.8 Å². The lowest BCUT2D eigenvalue weighted by Gasteiger charge is -2.07. The van der Waals surface area contributed by atoms with Gasteiger partial charge in [0.15, 0.2) is 0 Å². The zero-order valence-corrected chi connectivity index (χ0v) is 12.3. The average Bonchev–Trinajstić information content (AvgIpc) is 2.42. The van der Waals surface area contributed by atoms with E-state index in [-0.39, 0.29) is 11.1 Å². The number of carbonyl (C=O) groups excluding carboxylic acids is 1. The molecule has 0 spiro atoms. The Balaban J connectivity index is 2.69. The molecule has 0 atom stereocenters. The van der Waals surface area contributed by atoms with E-state index in [1.807, 2.05) is 0 Å². The Bertz CT molecular complexity index is 823. The number of aryl methyl sites for hydroxylation is 1. The predicted molar refractivity (Wildman–Crippen MR) is 74.5 cm³/mol. The largest absolute Gasteiger partial charge is 0.330 e. The molecule has 2 aromatic rings. The van der Waals surface area contributed by atoms with Gasteiger partial charge in [-0.25, -0.2) is 9.18 Å².